The van der Waals surface area contributed by atoms with Crippen molar-refractivity contribution in [3.8, 4) is 11.4 Å². The summed E-state index contributed by atoms with van der Waals surface area (Å²) in [7, 11) is 0. The van der Waals surface area contributed by atoms with Gasteiger partial charge in [0, 0.05) is 49.9 Å². The van der Waals surface area contributed by atoms with Gasteiger partial charge in [-0.15, -0.1) is 0 Å². The van der Waals surface area contributed by atoms with Gasteiger partial charge in [0.05, 0.1) is 16.6 Å². The molecule has 0 saturated heterocycles. The molecule has 0 fully saturated rings. The van der Waals surface area contributed by atoms with Gasteiger partial charge in [0.15, 0.2) is 0 Å². The zero-order chi connectivity index (χ0) is 29.9. The van der Waals surface area contributed by atoms with E-state index in [4.69, 9.17) is 18.8 Å². The highest BCUT2D eigenvalue weighted by atomic mass is 16.3. The highest BCUT2D eigenvalue weighted by molar-refractivity contribution is 6.16. The molecule has 0 amide bonds. The first-order valence-corrected chi connectivity index (χ1v) is 15.3. The summed E-state index contributed by atoms with van der Waals surface area (Å²) in [6.45, 7) is 0. The number of furan rings is 2. The summed E-state index contributed by atoms with van der Waals surface area (Å²) < 4.78 is 16.9. The minimum Gasteiger partial charge on any atom is -0.456 e. The topological polar surface area (TPSA) is 61.9 Å². The Bertz CT molecular complexity index is 2840. The summed E-state index contributed by atoms with van der Waals surface area (Å²) in [4.78, 5) is 10.3. The number of hydrogen-bond acceptors (Lipinski definition) is 4. The quantitative estimate of drug-likeness (QED) is 0.201. The molecule has 0 aliphatic rings. The lowest BCUT2D eigenvalue weighted by molar-refractivity contribution is 0.668. The summed E-state index contributed by atoms with van der Waals surface area (Å²) in [5.74, 6) is 0. The number of fused-ring (bicyclic) bond motifs is 12. The zero-order valence-corrected chi connectivity index (χ0v) is 24.3. The van der Waals surface area contributed by atoms with E-state index in [-0.39, 0.29) is 0 Å². The van der Waals surface area contributed by atoms with E-state index in [1.165, 1.54) is 0 Å². The van der Waals surface area contributed by atoms with Crippen LogP contribution in [0.25, 0.3) is 99.3 Å². The summed E-state index contributed by atoms with van der Waals surface area (Å²) in [6, 6.07) is 44.1. The Kier molecular flexibility index (Phi) is 4.49. The van der Waals surface area contributed by atoms with Gasteiger partial charge in [0.2, 0.25) is 0 Å². The minimum absolute atomic E-state index is 0.860. The maximum atomic E-state index is 6.15. The Morgan fingerprint density at radius 3 is 1.72 bits per heavy atom. The molecule has 214 valence electrons. The molecule has 11 rings (SSSR count). The summed E-state index contributed by atoms with van der Waals surface area (Å²) >= 11 is 0. The number of nitrogens with zero attached hydrogens (tertiary/aromatic N) is 4. The molecule has 0 unspecified atom stereocenters. The van der Waals surface area contributed by atoms with Crippen LogP contribution < -0.4 is 0 Å². The van der Waals surface area contributed by atoms with Crippen molar-refractivity contribution in [2.45, 2.75) is 0 Å². The standard InChI is InChI=1S/C40H22N4O2/c1-4-11-31-25(8-1)30-22-33-39(42-40(30)44(31)24-16-18-37-29(21-24)27-10-3-6-14-35(27)46-37)38-32(12-7-19-41-38)43(33)23-15-17-36-28(20-23)26-9-2-5-13-34(26)45-36/h1-22H. The third-order valence-electron chi connectivity index (χ3n) is 9.36. The molecular weight excluding hydrogens is 568 g/mol. The van der Waals surface area contributed by atoms with E-state index in [2.05, 4.69) is 106 Å². The van der Waals surface area contributed by atoms with Crippen LogP contribution in [-0.2, 0) is 0 Å². The first-order valence-electron chi connectivity index (χ1n) is 15.3. The maximum Gasteiger partial charge on any atom is 0.146 e. The first kappa shape index (κ1) is 24.0. The predicted molar refractivity (Wildman–Crippen MR) is 185 cm³/mol. The second-order valence-corrected chi connectivity index (χ2v) is 11.8. The average molecular weight is 591 g/mol. The van der Waals surface area contributed by atoms with E-state index < -0.39 is 0 Å². The van der Waals surface area contributed by atoms with Crippen LogP contribution in [0.4, 0.5) is 0 Å². The van der Waals surface area contributed by atoms with E-state index in [0.717, 1.165) is 99.3 Å². The van der Waals surface area contributed by atoms with Crippen LogP contribution in [0.1, 0.15) is 0 Å². The molecule has 0 bridgehead atoms. The van der Waals surface area contributed by atoms with Crippen LogP contribution in [0.5, 0.6) is 0 Å². The van der Waals surface area contributed by atoms with Gasteiger partial charge in [-0.25, -0.2) is 4.98 Å². The Labute approximate surface area is 260 Å². The van der Waals surface area contributed by atoms with Gasteiger partial charge in [-0.05, 0) is 72.8 Å². The van der Waals surface area contributed by atoms with Gasteiger partial charge in [-0.1, -0.05) is 54.6 Å². The molecule has 0 radical (unpaired) electrons. The summed E-state index contributed by atoms with van der Waals surface area (Å²) in [5.41, 5.74) is 11.3. The summed E-state index contributed by atoms with van der Waals surface area (Å²) in [6.07, 6.45) is 1.85. The monoisotopic (exact) mass is 590 g/mol. The smallest absolute Gasteiger partial charge is 0.146 e. The molecule has 46 heavy (non-hydrogen) atoms. The summed E-state index contributed by atoms with van der Waals surface area (Å²) in [5, 5.41) is 6.60. The molecule has 0 spiro atoms. The molecule has 0 saturated carbocycles. The number of benzene rings is 5. The van der Waals surface area contributed by atoms with Crippen LogP contribution >= 0.6 is 0 Å². The highest BCUT2D eigenvalue weighted by Gasteiger charge is 2.21. The fourth-order valence-corrected chi connectivity index (χ4v) is 7.35. The van der Waals surface area contributed by atoms with Gasteiger partial charge in [0.1, 0.15) is 39.0 Å². The van der Waals surface area contributed by atoms with Crippen molar-refractivity contribution in [1.29, 1.82) is 0 Å². The molecular formula is C40H22N4O2. The second kappa shape index (κ2) is 8.61. The van der Waals surface area contributed by atoms with E-state index in [0.29, 0.717) is 0 Å². The van der Waals surface area contributed by atoms with Crippen molar-refractivity contribution in [1.82, 2.24) is 19.1 Å². The van der Waals surface area contributed by atoms with Crippen LogP contribution in [0.15, 0.2) is 142 Å². The molecule has 0 atom stereocenters. The Balaban J connectivity index is 1.24. The SMILES string of the molecule is c1ccc2c(c1)oc1ccc(-n3c4cccnc4c4nc5c(cc43)c3ccccc3n5-c3ccc4oc5ccccc5c4c3)cc12. The van der Waals surface area contributed by atoms with Crippen LogP contribution in [0.3, 0.4) is 0 Å². The van der Waals surface area contributed by atoms with Crippen molar-refractivity contribution in [3.63, 3.8) is 0 Å². The third-order valence-corrected chi connectivity index (χ3v) is 9.36. The zero-order valence-electron chi connectivity index (χ0n) is 24.3. The lowest BCUT2D eigenvalue weighted by Crippen LogP contribution is -1.96. The molecule has 6 heteroatoms. The lowest BCUT2D eigenvalue weighted by Gasteiger charge is -2.09. The minimum atomic E-state index is 0.860. The van der Waals surface area contributed by atoms with Gasteiger partial charge < -0.3 is 13.4 Å². The number of rotatable bonds is 2. The normalized spacial score (nSPS) is 12.3. The predicted octanol–water partition coefficient (Wildman–Crippen LogP) is 10.5. The molecule has 5 aromatic carbocycles. The lowest BCUT2D eigenvalue weighted by atomic mass is 10.1. The first-order chi connectivity index (χ1) is 22.8. The van der Waals surface area contributed by atoms with Gasteiger partial charge in [0.25, 0.3) is 0 Å². The maximum absolute atomic E-state index is 6.15. The Hall–Kier alpha value is -6.40. The molecule has 6 aromatic heterocycles. The fraction of sp³-hybridized carbons (Fsp3) is 0. The van der Waals surface area contributed by atoms with Gasteiger partial charge in [-0.2, -0.15) is 0 Å². The molecule has 6 heterocycles. The molecule has 6 nitrogen and oxygen atoms in total. The molecule has 0 aliphatic carbocycles. The molecule has 11 aromatic rings. The Morgan fingerprint density at radius 1 is 0.413 bits per heavy atom. The third kappa shape index (κ3) is 3.09. The number of hydrogen-bond donors (Lipinski definition) is 0. The number of para-hydroxylation sites is 3. The van der Waals surface area contributed by atoms with Crippen LogP contribution in [-0.4, -0.2) is 19.1 Å². The van der Waals surface area contributed by atoms with Crippen LogP contribution in [0, 0.1) is 0 Å². The van der Waals surface area contributed by atoms with Crippen molar-refractivity contribution in [3.05, 3.63) is 134 Å². The number of aromatic nitrogens is 4. The van der Waals surface area contributed by atoms with Crippen LogP contribution in [0.2, 0.25) is 0 Å². The fourth-order valence-electron chi connectivity index (χ4n) is 7.35. The van der Waals surface area contributed by atoms with Crippen molar-refractivity contribution in [2.75, 3.05) is 0 Å². The molecule has 0 N–H and O–H groups in total. The van der Waals surface area contributed by atoms with E-state index >= 15 is 0 Å². The second-order valence-electron chi connectivity index (χ2n) is 11.8. The van der Waals surface area contributed by atoms with E-state index in [1.54, 1.807) is 0 Å². The Morgan fingerprint density at radius 2 is 1.00 bits per heavy atom. The highest BCUT2D eigenvalue weighted by Crippen LogP contribution is 2.39. The van der Waals surface area contributed by atoms with E-state index in [1.807, 2.05) is 36.5 Å². The van der Waals surface area contributed by atoms with Crippen molar-refractivity contribution >= 4 is 87.9 Å². The van der Waals surface area contributed by atoms with Gasteiger partial charge in [-0.3, -0.25) is 9.55 Å². The largest absolute Gasteiger partial charge is 0.456 e. The number of pyridine rings is 2. The van der Waals surface area contributed by atoms with Gasteiger partial charge >= 0.3 is 0 Å². The average Bonchev–Trinajstić information content (AvgIpc) is 3.84. The molecule has 0 aliphatic heterocycles. The van der Waals surface area contributed by atoms with Crippen molar-refractivity contribution in [2.24, 2.45) is 0 Å². The van der Waals surface area contributed by atoms with Crippen molar-refractivity contribution < 1.29 is 8.83 Å². The van der Waals surface area contributed by atoms with E-state index in [9.17, 15) is 0 Å².